The fourth-order valence-electron chi connectivity index (χ4n) is 0.949. The molecule has 0 aromatic heterocycles. The van der Waals surface area contributed by atoms with Crippen LogP contribution in [0.3, 0.4) is 0 Å². The van der Waals surface area contributed by atoms with Crippen molar-refractivity contribution in [1.29, 1.82) is 0 Å². The van der Waals surface area contributed by atoms with E-state index >= 15 is 0 Å². The number of hydrogen-bond acceptors (Lipinski definition) is 3. The zero-order valence-corrected chi connectivity index (χ0v) is 10.9. The van der Waals surface area contributed by atoms with E-state index in [9.17, 15) is 0 Å². The molecule has 1 atom stereocenters. The first-order valence-electron chi connectivity index (χ1n) is 5.94. The molecule has 90 valence electrons. The van der Waals surface area contributed by atoms with Gasteiger partial charge in [0.25, 0.3) is 0 Å². The van der Waals surface area contributed by atoms with E-state index in [0.29, 0.717) is 5.92 Å². The highest BCUT2D eigenvalue weighted by molar-refractivity contribution is 5.81. The third kappa shape index (κ3) is 8.43. The molecule has 0 N–H and O–H groups in total. The van der Waals surface area contributed by atoms with Gasteiger partial charge in [0.1, 0.15) is 6.61 Å². The van der Waals surface area contributed by atoms with Crippen LogP contribution in [0.2, 0.25) is 0 Å². The normalized spacial score (nSPS) is 14.4. The van der Waals surface area contributed by atoms with Gasteiger partial charge in [-0.1, -0.05) is 32.3 Å². The molecule has 0 aliphatic rings. The first kappa shape index (κ1) is 14.4. The van der Waals surface area contributed by atoms with Gasteiger partial charge < -0.3 is 9.74 Å². The molecule has 0 radical (unpaired) electrons. The Morgan fingerprint density at radius 2 is 2.07 bits per heavy atom. The summed E-state index contributed by atoms with van der Waals surface area (Å²) in [7, 11) is 2.12. The van der Waals surface area contributed by atoms with Gasteiger partial charge in [-0.05, 0) is 26.4 Å². The Labute approximate surface area is 94.5 Å². The Morgan fingerprint density at radius 1 is 1.40 bits per heavy atom. The van der Waals surface area contributed by atoms with Crippen molar-refractivity contribution in [2.24, 2.45) is 11.1 Å². The van der Waals surface area contributed by atoms with E-state index in [4.69, 9.17) is 4.84 Å². The molecule has 0 aliphatic carbocycles. The highest BCUT2D eigenvalue weighted by Gasteiger charge is 1.99. The van der Waals surface area contributed by atoms with Crippen LogP contribution < -0.4 is 0 Å². The van der Waals surface area contributed by atoms with Crippen LogP contribution in [-0.2, 0) is 4.84 Å². The van der Waals surface area contributed by atoms with Crippen LogP contribution >= 0.6 is 0 Å². The molecule has 0 aliphatic heterocycles. The van der Waals surface area contributed by atoms with E-state index in [-0.39, 0.29) is 0 Å². The van der Waals surface area contributed by atoms with Gasteiger partial charge in [-0.25, -0.2) is 0 Å². The lowest BCUT2D eigenvalue weighted by Crippen LogP contribution is -2.20. The summed E-state index contributed by atoms with van der Waals surface area (Å²) in [5, 5.41) is 4.11. The van der Waals surface area contributed by atoms with Crippen molar-refractivity contribution in [1.82, 2.24) is 4.90 Å². The predicted molar refractivity (Wildman–Crippen MR) is 66.3 cm³/mol. The molecule has 0 bridgehead atoms. The summed E-state index contributed by atoms with van der Waals surface area (Å²) in [6.07, 6.45) is 2.14. The summed E-state index contributed by atoms with van der Waals surface area (Å²) in [5.74, 6) is 0.597. The van der Waals surface area contributed by atoms with Gasteiger partial charge >= 0.3 is 0 Å². The molecular weight excluding hydrogens is 188 g/mol. The van der Waals surface area contributed by atoms with Gasteiger partial charge in [0.05, 0.1) is 5.71 Å². The lowest BCUT2D eigenvalue weighted by atomic mass is 10.1. The molecule has 0 aromatic carbocycles. The Hall–Kier alpha value is -0.570. The molecule has 0 amide bonds. The Kier molecular flexibility index (Phi) is 8.38. The third-order valence-electron chi connectivity index (χ3n) is 2.67. The average molecular weight is 214 g/mol. The van der Waals surface area contributed by atoms with E-state index in [1.807, 2.05) is 6.92 Å². The van der Waals surface area contributed by atoms with Crippen LogP contribution in [0, 0.1) is 5.92 Å². The van der Waals surface area contributed by atoms with E-state index in [2.05, 4.69) is 37.9 Å². The second-order valence-electron chi connectivity index (χ2n) is 4.28. The Bertz CT molecular complexity index is 180. The van der Waals surface area contributed by atoms with E-state index in [0.717, 1.165) is 38.2 Å². The summed E-state index contributed by atoms with van der Waals surface area (Å²) < 4.78 is 0. The molecule has 15 heavy (non-hydrogen) atoms. The monoisotopic (exact) mass is 214 g/mol. The van der Waals surface area contributed by atoms with Crippen LogP contribution in [0.5, 0.6) is 0 Å². The second-order valence-corrected chi connectivity index (χ2v) is 4.28. The van der Waals surface area contributed by atoms with Crippen molar-refractivity contribution in [2.75, 3.05) is 26.7 Å². The molecule has 0 fully saturated rings. The molecule has 3 heteroatoms. The summed E-state index contributed by atoms with van der Waals surface area (Å²) in [5.41, 5.74) is 1.08. The van der Waals surface area contributed by atoms with Gasteiger partial charge in [0, 0.05) is 13.0 Å². The molecule has 0 saturated carbocycles. The minimum atomic E-state index is 0.597. The SMILES string of the molecule is CCC(C)CO/N=C(/C)CCN(C)CC. The number of nitrogens with zero attached hydrogens (tertiary/aromatic N) is 2. The van der Waals surface area contributed by atoms with Crippen LogP contribution in [-0.4, -0.2) is 37.4 Å². The van der Waals surface area contributed by atoms with Gasteiger partial charge in [0.15, 0.2) is 0 Å². The second kappa shape index (κ2) is 8.72. The summed E-state index contributed by atoms with van der Waals surface area (Å²) >= 11 is 0. The summed E-state index contributed by atoms with van der Waals surface area (Å²) in [4.78, 5) is 7.55. The van der Waals surface area contributed by atoms with Crippen LogP contribution in [0.25, 0.3) is 0 Å². The van der Waals surface area contributed by atoms with Crippen molar-refractivity contribution in [3.63, 3.8) is 0 Å². The van der Waals surface area contributed by atoms with Crippen molar-refractivity contribution in [3.8, 4) is 0 Å². The van der Waals surface area contributed by atoms with Crippen molar-refractivity contribution in [2.45, 2.75) is 40.5 Å². The van der Waals surface area contributed by atoms with Crippen LogP contribution in [0.4, 0.5) is 0 Å². The fraction of sp³-hybridized carbons (Fsp3) is 0.917. The average Bonchev–Trinajstić information content (AvgIpc) is 2.25. The molecule has 0 aromatic rings. The third-order valence-corrected chi connectivity index (χ3v) is 2.67. The number of oxime groups is 1. The van der Waals surface area contributed by atoms with E-state index in [1.165, 1.54) is 0 Å². The minimum Gasteiger partial charge on any atom is -0.396 e. The van der Waals surface area contributed by atoms with Crippen molar-refractivity contribution < 1.29 is 4.84 Å². The van der Waals surface area contributed by atoms with Gasteiger partial charge in [0.2, 0.25) is 0 Å². The molecular formula is C12H26N2O. The fourth-order valence-corrected chi connectivity index (χ4v) is 0.949. The van der Waals surface area contributed by atoms with E-state index in [1.54, 1.807) is 0 Å². The lowest BCUT2D eigenvalue weighted by molar-refractivity contribution is 0.110. The quantitative estimate of drug-likeness (QED) is 0.458. The van der Waals surface area contributed by atoms with Gasteiger partial charge in [-0.2, -0.15) is 0 Å². The first-order valence-corrected chi connectivity index (χ1v) is 5.94. The summed E-state index contributed by atoms with van der Waals surface area (Å²) in [6.45, 7) is 11.4. The van der Waals surface area contributed by atoms with Crippen LogP contribution in [0.1, 0.15) is 40.5 Å². The zero-order chi connectivity index (χ0) is 11.7. The maximum absolute atomic E-state index is 5.28. The molecule has 0 rings (SSSR count). The molecule has 0 spiro atoms. The smallest absolute Gasteiger partial charge is 0.119 e. The standard InChI is InChI=1S/C12H26N2O/c1-6-11(3)10-15-13-12(4)8-9-14(5)7-2/h11H,6-10H2,1-5H3/b13-12-. The minimum absolute atomic E-state index is 0.597. The predicted octanol–water partition coefficient (Wildman–Crippen LogP) is 2.77. The zero-order valence-electron chi connectivity index (χ0n) is 10.9. The maximum atomic E-state index is 5.28. The first-order chi connectivity index (χ1) is 7.10. The lowest BCUT2D eigenvalue weighted by Gasteiger charge is -2.13. The maximum Gasteiger partial charge on any atom is 0.119 e. The Morgan fingerprint density at radius 3 is 2.60 bits per heavy atom. The molecule has 0 heterocycles. The largest absolute Gasteiger partial charge is 0.396 e. The molecule has 0 saturated heterocycles. The van der Waals surface area contributed by atoms with Crippen molar-refractivity contribution >= 4 is 5.71 Å². The van der Waals surface area contributed by atoms with Gasteiger partial charge in [-0.3, -0.25) is 0 Å². The number of rotatable bonds is 8. The Balaban J connectivity index is 3.60. The van der Waals surface area contributed by atoms with E-state index < -0.39 is 0 Å². The highest BCUT2D eigenvalue weighted by Crippen LogP contribution is 2.01. The summed E-state index contributed by atoms with van der Waals surface area (Å²) in [6, 6.07) is 0. The molecule has 3 nitrogen and oxygen atoms in total. The van der Waals surface area contributed by atoms with Gasteiger partial charge in [-0.15, -0.1) is 0 Å². The van der Waals surface area contributed by atoms with Crippen LogP contribution in [0.15, 0.2) is 5.16 Å². The topological polar surface area (TPSA) is 24.8 Å². The van der Waals surface area contributed by atoms with Crippen molar-refractivity contribution in [3.05, 3.63) is 0 Å². The molecule has 1 unspecified atom stereocenters. The number of hydrogen-bond donors (Lipinski definition) is 0. The highest BCUT2D eigenvalue weighted by atomic mass is 16.6.